The average molecular weight is 364 g/mol. The van der Waals surface area contributed by atoms with Crippen LogP contribution in [0.4, 0.5) is 0 Å². The van der Waals surface area contributed by atoms with Crippen LogP contribution in [0, 0.1) is 0 Å². The van der Waals surface area contributed by atoms with Gasteiger partial charge in [0.1, 0.15) is 18.6 Å². The van der Waals surface area contributed by atoms with E-state index in [0.29, 0.717) is 23.1 Å². The van der Waals surface area contributed by atoms with E-state index in [2.05, 4.69) is 20.5 Å². The molecule has 0 aliphatic carbocycles. The number of hydrogen-bond acceptors (Lipinski definition) is 6. The van der Waals surface area contributed by atoms with Gasteiger partial charge in [-0.1, -0.05) is 16.8 Å². The van der Waals surface area contributed by atoms with Crippen molar-refractivity contribution < 1.29 is 4.79 Å². The van der Waals surface area contributed by atoms with E-state index < -0.39 is 0 Å². The van der Waals surface area contributed by atoms with Crippen molar-refractivity contribution in [3.8, 4) is 10.6 Å². The Morgan fingerprint density at radius 2 is 2.25 bits per heavy atom. The molecule has 0 radical (unpaired) electrons. The van der Waals surface area contributed by atoms with Gasteiger partial charge in [-0.15, -0.1) is 26.6 Å². The molecule has 3 aromatic heterocycles. The fraction of sp³-hybridized carbons (Fsp3) is 0.357. The highest BCUT2D eigenvalue weighted by atomic mass is 35.5. The molecule has 0 fully saturated rings. The molecular formula is C14H14ClN7OS. The van der Waals surface area contributed by atoms with Gasteiger partial charge >= 0.3 is 0 Å². The van der Waals surface area contributed by atoms with Gasteiger partial charge in [0.05, 0.1) is 21.5 Å². The number of rotatable bonds is 3. The minimum absolute atomic E-state index is 0.0163. The van der Waals surface area contributed by atoms with Crippen LogP contribution in [0.5, 0.6) is 0 Å². The molecular weight excluding hydrogens is 350 g/mol. The van der Waals surface area contributed by atoms with Crippen LogP contribution in [-0.4, -0.2) is 47.1 Å². The quantitative estimate of drug-likeness (QED) is 0.709. The van der Waals surface area contributed by atoms with E-state index in [1.807, 2.05) is 23.6 Å². The SMILES string of the molecule is CC1c2nncn2CCN1C(=O)Cn1cc(-c2ccc(Cl)s2)nn1. The standard InChI is InChI=1S/C14H14ClN7OS/c1-9-14-18-16-8-20(14)4-5-22(9)13(23)7-21-6-10(17-19-21)11-2-3-12(15)24-11/h2-3,6,8-9H,4-5,7H2,1H3. The van der Waals surface area contributed by atoms with Gasteiger partial charge < -0.3 is 9.47 Å². The Morgan fingerprint density at radius 3 is 3.04 bits per heavy atom. The van der Waals surface area contributed by atoms with Crippen molar-refractivity contribution in [1.29, 1.82) is 0 Å². The third-order valence-electron chi connectivity index (χ3n) is 4.05. The molecule has 24 heavy (non-hydrogen) atoms. The predicted molar refractivity (Wildman–Crippen MR) is 88.5 cm³/mol. The van der Waals surface area contributed by atoms with Crippen molar-refractivity contribution in [2.75, 3.05) is 6.54 Å². The molecule has 0 aromatic carbocycles. The number of amides is 1. The fourth-order valence-corrected chi connectivity index (χ4v) is 3.81. The third-order valence-corrected chi connectivity index (χ3v) is 5.30. The van der Waals surface area contributed by atoms with Gasteiger partial charge in [0.2, 0.25) is 5.91 Å². The van der Waals surface area contributed by atoms with Crippen LogP contribution in [0.1, 0.15) is 18.8 Å². The van der Waals surface area contributed by atoms with Crippen LogP contribution >= 0.6 is 22.9 Å². The van der Waals surface area contributed by atoms with E-state index >= 15 is 0 Å². The number of carbonyl (C=O) groups excluding carboxylic acids is 1. The normalized spacial score (nSPS) is 17.1. The number of hydrogen-bond donors (Lipinski definition) is 0. The number of nitrogens with zero attached hydrogens (tertiary/aromatic N) is 7. The van der Waals surface area contributed by atoms with E-state index in [0.717, 1.165) is 10.7 Å². The Kier molecular flexibility index (Phi) is 3.81. The number of halogens is 1. The second kappa shape index (κ2) is 5.99. The molecule has 8 nitrogen and oxygen atoms in total. The summed E-state index contributed by atoms with van der Waals surface area (Å²) < 4.78 is 4.22. The molecule has 0 saturated heterocycles. The summed E-state index contributed by atoms with van der Waals surface area (Å²) in [6.45, 7) is 3.43. The lowest BCUT2D eigenvalue weighted by atomic mass is 10.2. The van der Waals surface area contributed by atoms with Gasteiger partial charge in [-0.3, -0.25) is 4.79 Å². The lowest BCUT2D eigenvalue weighted by Crippen LogP contribution is -2.42. The molecule has 0 bridgehead atoms. The van der Waals surface area contributed by atoms with Crippen LogP contribution in [-0.2, 0) is 17.9 Å². The summed E-state index contributed by atoms with van der Waals surface area (Å²) in [5.41, 5.74) is 0.714. The maximum atomic E-state index is 12.6. The van der Waals surface area contributed by atoms with Gasteiger partial charge in [-0.05, 0) is 19.1 Å². The van der Waals surface area contributed by atoms with E-state index in [1.54, 1.807) is 22.1 Å². The van der Waals surface area contributed by atoms with Crippen molar-refractivity contribution in [2.24, 2.45) is 0 Å². The van der Waals surface area contributed by atoms with Crippen molar-refractivity contribution >= 4 is 28.8 Å². The maximum Gasteiger partial charge on any atom is 0.245 e. The first-order chi connectivity index (χ1) is 11.6. The predicted octanol–water partition coefficient (Wildman–Crippen LogP) is 1.85. The smallest absolute Gasteiger partial charge is 0.245 e. The Hall–Kier alpha value is -2.26. The third kappa shape index (κ3) is 2.69. The molecule has 1 amide bonds. The Bertz CT molecular complexity index is 885. The maximum absolute atomic E-state index is 12.6. The van der Waals surface area contributed by atoms with Crippen molar-refractivity contribution in [3.63, 3.8) is 0 Å². The lowest BCUT2D eigenvalue weighted by molar-refractivity contribution is -0.135. The molecule has 10 heteroatoms. The summed E-state index contributed by atoms with van der Waals surface area (Å²) in [6, 6.07) is 3.60. The van der Waals surface area contributed by atoms with Crippen LogP contribution in [0.2, 0.25) is 4.34 Å². The Morgan fingerprint density at radius 1 is 1.38 bits per heavy atom. The zero-order valence-corrected chi connectivity index (χ0v) is 14.4. The van der Waals surface area contributed by atoms with Crippen molar-refractivity contribution in [1.82, 2.24) is 34.7 Å². The lowest BCUT2D eigenvalue weighted by Gasteiger charge is -2.33. The summed E-state index contributed by atoms with van der Waals surface area (Å²) in [7, 11) is 0. The first-order valence-electron chi connectivity index (χ1n) is 7.45. The van der Waals surface area contributed by atoms with Crippen LogP contribution in [0.15, 0.2) is 24.7 Å². The molecule has 1 unspecified atom stereocenters. The Balaban J connectivity index is 1.48. The monoisotopic (exact) mass is 363 g/mol. The number of thiophene rings is 1. The molecule has 0 saturated carbocycles. The average Bonchev–Trinajstić information content (AvgIpc) is 3.27. The highest BCUT2D eigenvalue weighted by molar-refractivity contribution is 7.19. The van der Waals surface area contributed by atoms with E-state index in [9.17, 15) is 4.79 Å². The second-order valence-corrected chi connectivity index (χ2v) is 7.27. The summed E-state index contributed by atoms with van der Waals surface area (Å²) in [5, 5.41) is 16.2. The molecule has 3 aromatic rings. The minimum Gasteiger partial charge on any atom is -0.329 e. The molecule has 4 rings (SSSR count). The summed E-state index contributed by atoms with van der Waals surface area (Å²) in [4.78, 5) is 15.3. The van der Waals surface area contributed by atoms with Crippen molar-refractivity contribution in [3.05, 3.63) is 34.8 Å². The molecule has 0 N–H and O–H groups in total. The van der Waals surface area contributed by atoms with Crippen LogP contribution in [0.25, 0.3) is 10.6 Å². The zero-order valence-electron chi connectivity index (χ0n) is 12.8. The topological polar surface area (TPSA) is 81.7 Å². The van der Waals surface area contributed by atoms with Crippen LogP contribution in [0.3, 0.4) is 0 Å². The first-order valence-corrected chi connectivity index (χ1v) is 8.64. The molecule has 1 atom stereocenters. The van der Waals surface area contributed by atoms with Gasteiger partial charge in [0, 0.05) is 13.1 Å². The zero-order chi connectivity index (χ0) is 16.7. The number of fused-ring (bicyclic) bond motifs is 1. The van der Waals surface area contributed by atoms with Gasteiger partial charge in [0.25, 0.3) is 0 Å². The van der Waals surface area contributed by atoms with Gasteiger partial charge in [0.15, 0.2) is 5.82 Å². The van der Waals surface area contributed by atoms with Gasteiger partial charge in [-0.25, -0.2) is 4.68 Å². The molecule has 4 heterocycles. The van der Waals surface area contributed by atoms with E-state index in [4.69, 9.17) is 11.6 Å². The fourth-order valence-electron chi connectivity index (χ4n) is 2.82. The van der Waals surface area contributed by atoms with Crippen LogP contribution < -0.4 is 0 Å². The highest BCUT2D eigenvalue weighted by Gasteiger charge is 2.29. The molecule has 124 valence electrons. The highest BCUT2D eigenvalue weighted by Crippen LogP contribution is 2.29. The molecule has 1 aliphatic heterocycles. The Labute approximate surface area is 146 Å². The van der Waals surface area contributed by atoms with Crippen molar-refractivity contribution in [2.45, 2.75) is 26.1 Å². The summed E-state index contributed by atoms with van der Waals surface area (Å²) in [5.74, 6) is 0.791. The number of carbonyl (C=O) groups is 1. The first kappa shape index (κ1) is 15.3. The summed E-state index contributed by atoms with van der Waals surface area (Å²) in [6.07, 6.45) is 3.46. The number of aromatic nitrogens is 6. The van der Waals surface area contributed by atoms with E-state index in [-0.39, 0.29) is 18.5 Å². The largest absolute Gasteiger partial charge is 0.329 e. The second-order valence-electron chi connectivity index (χ2n) is 5.55. The van der Waals surface area contributed by atoms with Gasteiger partial charge in [-0.2, -0.15) is 0 Å². The minimum atomic E-state index is -0.104. The summed E-state index contributed by atoms with van der Waals surface area (Å²) >= 11 is 7.37. The molecule has 1 aliphatic rings. The molecule has 0 spiro atoms. The van der Waals surface area contributed by atoms with E-state index in [1.165, 1.54) is 11.3 Å².